The fourth-order valence-electron chi connectivity index (χ4n) is 1.62. The first-order valence-corrected chi connectivity index (χ1v) is 7.23. The van der Waals surface area contributed by atoms with E-state index >= 15 is 0 Å². The molecule has 2 aromatic rings. The van der Waals surface area contributed by atoms with Gasteiger partial charge in [-0.05, 0) is 25.1 Å². The van der Waals surface area contributed by atoms with Crippen molar-refractivity contribution in [1.82, 2.24) is 19.9 Å². The molecule has 0 fully saturated rings. The molecule has 0 aliphatic heterocycles. The zero-order chi connectivity index (χ0) is 15.7. The zero-order valence-electron chi connectivity index (χ0n) is 10.7. The number of benzene rings is 1. The number of nitrogens with zero attached hydrogens (tertiary/aromatic N) is 2. The highest BCUT2D eigenvalue weighted by Crippen LogP contribution is 2.30. The van der Waals surface area contributed by atoms with Gasteiger partial charge in [-0.25, -0.2) is 18.1 Å². The third-order valence-electron chi connectivity index (χ3n) is 2.65. The maximum absolute atomic E-state index is 12.6. The van der Waals surface area contributed by atoms with Crippen molar-refractivity contribution >= 4 is 10.0 Å². The molecule has 0 saturated heterocycles. The lowest BCUT2D eigenvalue weighted by atomic mass is 10.2. The predicted octanol–water partition coefficient (Wildman–Crippen LogP) is 1.86. The molecule has 1 unspecified atom stereocenters. The Morgan fingerprint density at radius 3 is 2.62 bits per heavy atom. The second-order valence-corrected chi connectivity index (χ2v) is 5.95. The average molecular weight is 320 g/mol. The normalized spacial score (nSPS) is 14.1. The van der Waals surface area contributed by atoms with Crippen molar-refractivity contribution in [3.05, 3.63) is 42.0 Å². The van der Waals surface area contributed by atoms with Crippen LogP contribution in [-0.4, -0.2) is 23.6 Å². The highest BCUT2D eigenvalue weighted by Gasteiger charge is 2.32. The number of H-pyrrole nitrogens is 1. The largest absolute Gasteiger partial charge is 0.416 e. The Labute approximate surface area is 118 Å². The molecular weight excluding hydrogens is 309 g/mol. The third-order valence-corrected chi connectivity index (χ3v) is 4.19. The molecule has 114 valence electrons. The van der Waals surface area contributed by atoms with E-state index in [0.29, 0.717) is 6.07 Å². The summed E-state index contributed by atoms with van der Waals surface area (Å²) in [4.78, 5) is 3.31. The number of sulfonamides is 1. The van der Waals surface area contributed by atoms with Gasteiger partial charge in [0.25, 0.3) is 0 Å². The topological polar surface area (TPSA) is 87.7 Å². The van der Waals surface area contributed by atoms with Crippen LogP contribution in [0.25, 0.3) is 0 Å². The van der Waals surface area contributed by atoms with Crippen molar-refractivity contribution in [3.63, 3.8) is 0 Å². The van der Waals surface area contributed by atoms with Gasteiger partial charge in [-0.1, -0.05) is 6.07 Å². The Morgan fingerprint density at radius 2 is 2.05 bits per heavy atom. The second kappa shape index (κ2) is 5.45. The van der Waals surface area contributed by atoms with Crippen LogP contribution in [0.4, 0.5) is 13.2 Å². The van der Waals surface area contributed by atoms with Crippen molar-refractivity contribution in [2.75, 3.05) is 0 Å². The van der Waals surface area contributed by atoms with Gasteiger partial charge in [0.05, 0.1) is 16.5 Å². The van der Waals surface area contributed by atoms with Gasteiger partial charge in [-0.2, -0.15) is 18.3 Å². The predicted molar refractivity (Wildman–Crippen MR) is 66.6 cm³/mol. The monoisotopic (exact) mass is 320 g/mol. The molecule has 0 radical (unpaired) electrons. The smallest absolute Gasteiger partial charge is 0.262 e. The highest BCUT2D eigenvalue weighted by atomic mass is 32.2. The highest BCUT2D eigenvalue weighted by molar-refractivity contribution is 7.89. The van der Waals surface area contributed by atoms with Gasteiger partial charge in [0.1, 0.15) is 12.2 Å². The summed E-state index contributed by atoms with van der Waals surface area (Å²) in [5.41, 5.74) is -1.03. The Hall–Kier alpha value is -1.94. The van der Waals surface area contributed by atoms with Gasteiger partial charge in [0, 0.05) is 0 Å². The summed E-state index contributed by atoms with van der Waals surface area (Å²) in [6, 6.07) is 2.75. The lowest BCUT2D eigenvalue weighted by molar-refractivity contribution is -0.137. The quantitative estimate of drug-likeness (QED) is 0.900. The molecule has 1 heterocycles. The number of aromatic nitrogens is 3. The van der Waals surface area contributed by atoms with Crippen LogP contribution in [0.15, 0.2) is 35.5 Å². The molecule has 1 aromatic heterocycles. The number of hydrogen-bond donors (Lipinski definition) is 2. The summed E-state index contributed by atoms with van der Waals surface area (Å²) in [7, 11) is -4.11. The lowest BCUT2D eigenvalue weighted by Crippen LogP contribution is -2.27. The number of hydrogen-bond acceptors (Lipinski definition) is 4. The minimum absolute atomic E-state index is 0.255. The molecule has 10 heteroatoms. The van der Waals surface area contributed by atoms with E-state index in [9.17, 15) is 21.6 Å². The van der Waals surface area contributed by atoms with Gasteiger partial charge in [-0.15, -0.1) is 0 Å². The maximum Gasteiger partial charge on any atom is 0.416 e. The Bertz CT molecular complexity index is 713. The van der Waals surface area contributed by atoms with Crippen LogP contribution in [0.5, 0.6) is 0 Å². The molecule has 1 atom stereocenters. The fraction of sp³-hybridized carbons (Fsp3) is 0.273. The summed E-state index contributed by atoms with van der Waals surface area (Å²) in [5, 5.41) is 6.05. The Kier molecular flexibility index (Phi) is 4.01. The number of aromatic amines is 1. The minimum atomic E-state index is -4.61. The average Bonchev–Trinajstić information content (AvgIpc) is 2.91. The number of alkyl halides is 3. The van der Waals surface area contributed by atoms with Gasteiger partial charge >= 0.3 is 6.18 Å². The van der Waals surface area contributed by atoms with E-state index in [1.165, 1.54) is 13.3 Å². The standard InChI is InChI=1S/C11H11F3N4O2S/c1-7(10-15-6-16-17-10)18-21(19,20)9-4-2-3-8(5-9)11(12,13)14/h2-7,18H,1H3,(H,15,16,17). The molecule has 1 aromatic carbocycles. The van der Waals surface area contributed by atoms with Crippen LogP contribution in [-0.2, 0) is 16.2 Å². The first-order chi connectivity index (χ1) is 9.70. The first kappa shape index (κ1) is 15.4. The van der Waals surface area contributed by atoms with Crippen molar-refractivity contribution in [3.8, 4) is 0 Å². The first-order valence-electron chi connectivity index (χ1n) is 5.75. The molecule has 21 heavy (non-hydrogen) atoms. The van der Waals surface area contributed by atoms with Gasteiger partial charge < -0.3 is 0 Å². The molecule has 0 spiro atoms. The van der Waals surface area contributed by atoms with Crippen LogP contribution in [0.3, 0.4) is 0 Å². The SMILES string of the molecule is CC(NS(=O)(=O)c1cccc(C(F)(F)F)c1)c1ncn[nH]1. The van der Waals surface area contributed by atoms with Gasteiger partial charge in [0.2, 0.25) is 10.0 Å². The van der Waals surface area contributed by atoms with Gasteiger partial charge in [0.15, 0.2) is 0 Å². The summed E-state index contributed by atoms with van der Waals surface area (Å²) in [6.45, 7) is 1.49. The van der Waals surface area contributed by atoms with E-state index < -0.39 is 32.7 Å². The molecule has 0 amide bonds. The van der Waals surface area contributed by atoms with Crippen LogP contribution >= 0.6 is 0 Å². The molecule has 0 bridgehead atoms. The summed E-state index contributed by atoms with van der Waals surface area (Å²) >= 11 is 0. The van der Waals surface area contributed by atoms with Crippen molar-refractivity contribution in [2.24, 2.45) is 0 Å². The second-order valence-electron chi connectivity index (χ2n) is 4.24. The number of nitrogens with one attached hydrogen (secondary N) is 2. The lowest BCUT2D eigenvalue weighted by Gasteiger charge is -2.13. The van der Waals surface area contributed by atoms with Gasteiger partial charge in [-0.3, -0.25) is 5.10 Å². The van der Waals surface area contributed by atoms with E-state index in [4.69, 9.17) is 0 Å². The summed E-state index contributed by atoms with van der Waals surface area (Å²) < 4.78 is 64.2. The number of rotatable bonds is 4. The van der Waals surface area contributed by atoms with Crippen LogP contribution < -0.4 is 4.72 Å². The van der Waals surface area contributed by atoms with Crippen LogP contribution in [0.2, 0.25) is 0 Å². The van der Waals surface area contributed by atoms with E-state index in [1.54, 1.807) is 0 Å². The van der Waals surface area contributed by atoms with E-state index in [1.807, 2.05) is 0 Å². The number of halogens is 3. The molecule has 2 rings (SSSR count). The zero-order valence-corrected chi connectivity index (χ0v) is 11.5. The summed E-state index contributed by atoms with van der Waals surface area (Å²) in [6.07, 6.45) is -3.41. The molecular formula is C11H11F3N4O2S. The van der Waals surface area contributed by atoms with E-state index in [0.717, 1.165) is 18.2 Å². The van der Waals surface area contributed by atoms with Crippen LogP contribution in [0.1, 0.15) is 24.4 Å². The maximum atomic E-state index is 12.6. The third kappa shape index (κ3) is 3.58. The molecule has 0 aliphatic carbocycles. The summed E-state index contributed by atoms with van der Waals surface area (Å²) in [5.74, 6) is 0.255. The molecule has 0 saturated carbocycles. The van der Waals surface area contributed by atoms with Crippen molar-refractivity contribution < 1.29 is 21.6 Å². The molecule has 6 nitrogen and oxygen atoms in total. The van der Waals surface area contributed by atoms with Crippen LogP contribution in [0, 0.1) is 0 Å². The van der Waals surface area contributed by atoms with E-state index in [-0.39, 0.29) is 5.82 Å². The van der Waals surface area contributed by atoms with Crippen molar-refractivity contribution in [1.29, 1.82) is 0 Å². The van der Waals surface area contributed by atoms with E-state index in [2.05, 4.69) is 19.9 Å². The fourth-order valence-corrected chi connectivity index (χ4v) is 2.87. The molecule has 2 N–H and O–H groups in total. The Balaban J connectivity index is 2.28. The Morgan fingerprint density at radius 1 is 1.33 bits per heavy atom. The molecule has 0 aliphatic rings. The van der Waals surface area contributed by atoms with Crippen molar-refractivity contribution in [2.45, 2.75) is 24.0 Å². The minimum Gasteiger partial charge on any atom is -0.262 e.